The summed E-state index contributed by atoms with van der Waals surface area (Å²) >= 11 is 5.83. The number of nitrogens with zero attached hydrogens (tertiary/aromatic N) is 3. The largest absolute Gasteiger partial charge is 0.573 e. The molecule has 1 aromatic carbocycles. The van der Waals surface area contributed by atoms with E-state index in [4.69, 9.17) is 11.6 Å². The Kier molecular flexibility index (Phi) is 7.65. The maximum atomic E-state index is 13.0. The lowest BCUT2D eigenvalue weighted by molar-refractivity contribution is -0.274. The number of hydrogen-bond acceptors (Lipinski definition) is 5. The summed E-state index contributed by atoms with van der Waals surface area (Å²) in [5.74, 6) is -0.522. The summed E-state index contributed by atoms with van der Waals surface area (Å²) in [5.41, 5.74) is 0.226. The van der Waals surface area contributed by atoms with Gasteiger partial charge < -0.3 is 25.2 Å². The van der Waals surface area contributed by atoms with Crippen LogP contribution in [0.25, 0.3) is 0 Å². The Balaban J connectivity index is 1.51. The lowest BCUT2D eigenvalue weighted by Gasteiger charge is -2.43. The minimum atomic E-state index is -4.86. The monoisotopic (exact) mass is 491 g/mol. The van der Waals surface area contributed by atoms with E-state index >= 15 is 0 Å². The topological polar surface area (TPSA) is 77.2 Å². The molecule has 0 saturated carbocycles. The van der Waals surface area contributed by atoms with Crippen molar-refractivity contribution in [2.75, 3.05) is 51.1 Å². The molecule has 2 fully saturated rings. The normalized spacial score (nSPS) is 20.5. The van der Waals surface area contributed by atoms with Gasteiger partial charge in [0, 0.05) is 57.0 Å². The molecule has 0 aromatic heterocycles. The third-order valence-corrected chi connectivity index (χ3v) is 6.00. The maximum Gasteiger partial charge on any atom is 0.573 e. The Bertz CT molecular complexity index is 870. The van der Waals surface area contributed by atoms with E-state index in [-0.39, 0.29) is 28.2 Å². The van der Waals surface area contributed by atoms with E-state index in [1.54, 1.807) is 9.80 Å². The molecular weight excluding hydrogens is 463 g/mol. The molecule has 1 aromatic rings. The third-order valence-electron chi connectivity index (χ3n) is 5.71. The fourth-order valence-electron chi connectivity index (χ4n) is 3.86. The summed E-state index contributed by atoms with van der Waals surface area (Å²) in [7, 11) is 0. The first-order chi connectivity index (χ1) is 15.3. The molecule has 2 aliphatic heterocycles. The number of carbonyl (C=O) groups excluding carboxylic acids is 2. The first-order valence-corrected chi connectivity index (χ1v) is 11.1. The molecule has 0 bridgehead atoms. The fourth-order valence-corrected chi connectivity index (χ4v) is 4.08. The van der Waals surface area contributed by atoms with Gasteiger partial charge in [0.2, 0.25) is 5.91 Å². The van der Waals surface area contributed by atoms with Crippen molar-refractivity contribution in [2.24, 2.45) is 0 Å². The van der Waals surface area contributed by atoms with Gasteiger partial charge in [-0.15, -0.1) is 13.2 Å². The molecule has 8 nitrogen and oxygen atoms in total. The predicted octanol–water partition coefficient (Wildman–Crippen LogP) is 2.99. The average Bonchev–Trinajstić information content (AvgIpc) is 2.74. The standard InChI is InChI=1S/C21H29ClF3N5O3/c1-20(2,3)30-7-6-26-16(13-30)18(31)28-8-10-29(11-9-28)19(32)27-14-4-5-17(15(22)12-14)33-21(23,24)25/h4-5,12,16,26H,6-11,13H2,1-3H3,(H,27,32). The van der Waals surface area contributed by atoms with Crippen molar-refractivity contribution in [2.45, 2.75) is 38.7 Å². The van der Waals surface area contributed by atoms with Crippen LogP contribution >= 0.6 is 11.6 Å². The number of hydrogen-bond donors (Lipinski definition) is 2. The van der Waals surface area contributed by atoms with E-state index in [0.29, 0.717) is 32.7 Å². The van der Waals surface area contributed by atoms with E-state index in [1.165, 1.54) is 12.1 Å². The zero-order valence-corrected chi connectivity index (χ0v) is 19.6. The Morgan fingerprint density at radius 1 is 1.09 bits per heavy atom. The summed E-state index contributed by atoms with van der Waals surface area (Å²) in [6, 6.07) is 2.81. The lowest BCUT2D eigenvalue weighted by atomic mass is 10.0. The highest BCUT2D eigenvalue weighted by atomic mass is 35.5. The van der Waals surface area contributed by atoms with Gasteiger partial charge in [-0.3, -0.25) is 9.69 Å². The second kappa shape index (κ2) is 9.94. The van der Waals surface area contributed by atoms with E-state index in [2.05, 4.69) is 41.0 Å². The number of urea groups is 1. The number of nitrogens with one attached hydrogen (secondary N) is 2. The quantitative estimate of drug-likeness (QED) is 0.680. The van der Waals surface area contributed by atoms with E-state index in [0.717, 1.165) is 19.2 Å². The Morgan fingerprint density at radius 2 is 1.73 bits per heavy atom. The van der Waals surface area contributed by atoms with Crippen LogP contribution in [0, 0.1) is 0 Å². The van der Waals surface area contributed by atoms with Crippen LogP contribution in [-0.2, 0) is 4.79 Å². The first kappa shape index (κ1) is 25.4. The van der Waals surface area contributed by atoms with Crippen LogP contribution in [0.15, 0.2) is 18.2 Å². The third kappa shape index (κ3) is 6.87. The number of benzene rings is 1. The molecule has 12 heteroatoms. The predicted molar refractivity (Wildman–Crippen MR) is 118 cm³/mol. The molecule has 2 heterocycles. The molecular formula is C21H29ClF3N5O3. The summed E-state index contributed by atoms with van der Waals surface area (Å²) in [5, 5.41) is 5.63. The number of ether oxygens (including phenoxy) is 1. The van der Waals surface area contributed by atoms with Crippen molar-refractivity contribution >= 4 is 29.2 Å². The van der Waals surface area contributed by atoms with Gasteiger partial charge in [0.05, 0.1) is 11.1 Å². The van der Waals surface area contributed by atoms with Gasteiger partial charge in [-0.05, 0) is 39.0 Å². The summed E-state index contributed by atoms with van der Waals surface area (Å²) < 4.78 is 40.9. The van der Waals surface area contributed by atoms with Crippen LogP contribution in [0.1, 0.15) is 20.8 Å². The lowest BCUT2D eigenvalue weighted by Crippen LogP contribution is -2.63. The van der Waals surface area contributed by atoms with Gasteiger partial charge in [0.15, 0.2) is 0 Å². The number of anilines is 1. The molecule has 0 aliphatic carbocycles. The Morgan fingerprint density at radius 3 is 2.30 bits per heavy atom. The van der Waals surface area contributed by atoms with Crippen molar-refractivity contribution in [1.29, 1.82) is 0 Å². The fraction of sp³-hybridized carbons (Fsp3) is 0.619. The molecule has 2 saturated heterocycles. The minimum Gasteiger partial charge on any atom is -0.404 e. The van der Waals surface area contributed by atoms with Crippen LogP contribution in [-0.4, -0.2) is 90.4 Å². The number of rotatable bonds is 3. The van der Waals surface area contributed by atoms with Gasteiger partial charge in [0.25, 0.3) is 0 Å². The van der Waals surface area contributed by atoms with Gasteiger partial charge in [-0.25, -0.2) is 4.79 Å². The van der Waals surface area contributed by atoms with E-state index < -0.39 is 18.1 Å². The van der Waals surface area contributed by atoms with Gasteiger partial charge in [-0.1, -0.05) is 11.6 Å². The highest BCUT2D eigenvalue weighted by Gasteiger charge is 2.35. The maximum absolute atomic E-state index is 13.0. The molecule has 2 aliphatic rings. The number of carbonyl (C=O) groups is 2. The van der Waals surface area contributed by atoms with Crippen LogP contribution in [0.5, 0.6) is 5.75 Å². The van der Waals surface area contributed by atoms with E-state index in [9.17, 15) is 22.8 Å². The number of halogens is 4. The first-order valence-electron chi connectivity index (χ1n) is 10.7. The highest BCUT2D eigenvalue weighted by molar-refractivity contribution is 6.32. The minimum absolute atomic E-state index is 0.0165. The molecule has 3 rings (SSSR count). The average molecular weight is 492 g/mol. The van der Waals surface area contributed by atoms with Crippen LogP contribution < -0.4 is 15.4 Å². The number of piperazine rings is 2. The van der Waals surface area contributed by atoms with Gasteiger partial charge >= 0.3 is 12.4 Å². The Hall–Kier alpha value is -2.24. The smallest absolute Gasteiger partial charge is 0.404 e. The summed E-state index contributed by atoms with van der Waals surface area (Å²) in [6.45, 7) is 10.1. The van der Waals surface area contributed by atoms with Crippen LogP contribution in [0.3, 0.4) is 0 Å². The SMILES string of the molecule is CC(C)(C)N1CCNC(C(=O)N2CCN(C(=O)Nc3ccc(OC(F)(F)F)c(Cl)c3)CC2)C1. The molecule has 0 radical (unpaired) electrons. The van der Waals surface area contributed by atoms with Crippen molar-refractivity contribution in [3.05, 3.63) is 23.2 Å². The van der Waals surface area contributed by atoms with Crippen LogP contribution in [0.4, 0.5) is 23.7 Å². The van der Waals surface area contributed by atoms with Crippen molar-refractivity contribution in [3.63, 3.8) is 0 Å². The second-order valence-corrected chi connectivity index (χ2v) is 9.47. The highest BCUT2D eigenvalue weighted by Crippen LogP contribution is 2.32. The van der Waals surface area contributed by atoms with Crippen molar-refractivity contribution in [1.82, 2.24) is 20.0 Å². The van der Waals surface area contributed by atoms with Gasteiger partial charge in [0.1, 0.15) is 5.75 Å². The molecule has 1 atom stereocenters. The van der Waals surface area contributed by atoms with Crippen LogP contribution in [0.2, 0.25) is 5.02 Å². The second-order valence-electron chi connectivity index (χ2n) is 9.06. The summed E-state index contributed by atoms with van der Waals surface area (Å²) in [4.78, 5) is 31.1. The number of alkyl halides is 3. The Labute approximate surface area is 196 Å². The van der Waals surface area contributed by atoms with Crippen molar-refractivity contribution in [3.8, 4) is 5.75 Å². The molecule has 2 N–H and O–H groups in total. The van der Waals surface area contributed by atoms with Gasteiger partial charge in [-0.2, -0.15) is 0 Å². The molecule has 0 spiro atoms. The molecule has 3 amide bonds. The molecule has 184 valence electrons. The molecule has 33 heavy (non-hydrogen) atoms. The molecule has 1 unspecified atom stereocenters. The zero-order chi connectivity index (χ0) is 24.4. The number of amides is 3. The van der Waals surface area contributed by atoms with Crippen molar-refractivity contribution < 1.29 is 27.5 Å². The summed E-state index contributed by atoms with van der Waals surface area (Å²) in [6.07, 6.45) is -4.86. The zero-order valence-electron chi connectivity index (χ0n) is 18.8. The van der Waals surface area contributed by atoms with E-state index in [1.807, 2.05) is 0 Å².